The van der Waals surface area contributed by atoms with Crippen LogP contribution >= 0.6 is 11.6 Å². The Kier molecular flexibility index (Phi) is 3.50. The van der Waals surface area contributed by atoms with E-state index < -0.39 is 0 Å². The number of benzene rings is 1. The van der Waals surface area contributed by atoms with E-state index in [1.165, 1.54) is 6.42 Å². The number of nitrogens with one attached hydrogen (secondary N) is 1. The van der Waals surface area contributed by atoms with Crippen molar-refractivity contribution < 1.29 is 4.39 Å². The van der Waals surface area contributed by atoms with Gasteiger partial charge in [-0.1, -0.05) is 11.6 Å². The minimum absolute atomic E-state index is 0.0874. The van der Waals surface area contributed by atoms with Gasteiger partial charge in [0, 0.05) is 11.1 Å². The summed E-state index contributed by atoms with van der Waals surface area (Å²) >= 11 is 6.09. The van der Waals surface area contributed by atoms with Crippen molar-refractivity contribution in [2.24, 2.45) is 0 Å². The molecule has 1 fully saturated rings. The Balaban J connectivity index is 2.31. The van der Waals surface area contributed by atoms with Gasteiger partial charge in [-0.3, -0.25) is 0 Å². The second-order valence-electron chi connectivity index (χ2n) is 4.59. The van der Waals surface area contributed by atoms with Gasteiger partial charge in [0.2, 0.25) is 0 Å². The molecule has 1 N–H and O–H groups in total. The van der Waals surface area contributed by atoms with Gasteiger partial charge in [-0.2, -0.15) is 0 Å². The molecule has 0 bridgehead atoms. The fourth-order valence-electron chi connectivity index (χ4n) is 2.33. The largest absolute Gasteiger partial charge is 0.314 e. The van der Waals surface area contributed by atoms with Crippen LogP contribution in [0.2, 0.25) is 5.02 Å². The smallest absolute Gasteiger partial charge is 0.129 e. The molecule has 1 unspecified atom stereocenters. The zero-order valence-electron chi connectivity index (χ0n) is 9.74. The van der Waals surface area contributed by atoms with Crippen molar-refractivity contribution in [3.63, 3.8) is 0 Å². The van der Waals surface area contributed by atoms with E-state index in [0.717, 1.165) is 30.5 Å². The summed E-state index contributed by atoms with van der Waals surface area (Å²) in [6.07, 6.45) is 3.06. The lowest BCUT2D eigenvalue weighted by atomic mass is 9.97. The van der Waals surface area contributed by atoms with Crippen molar-refractivity contribution in [1.29, 1.82) is 0 Å². The SMILES string of the molecule is Cc1cc(Cl)c(C)c(CC2CCCN2)c1F. The zero-order valence-corrected chi connectivity index (χ0v) is 10.5. The van der Waals surface area contributed by atoms with Gasteiger partial charge in [0.15, 0.2) is 0 Å². The van der Waals surface area contributed by atoms with E-state index in [1.807, 2.05) is 6.92 Å². The molecule has 2 rings (SSSR count). The molecule has 3 heteroatoms. The van der Waals surface area contributed by atoms with Gasteiger partial charge in [0.25, 0.3) is 0 Å². The minimum Gasteiger partial charge on any atom is -0.314 e. The lowest BCUT2D eigenvalue weighted by molar-refractivity contribution is 0.554. The fourth-order valence-corrected chi connectivity index (χ4v) is 2.61. The number of rotatable bonds is 2. The van der Waals surface area contributed by atoms with E-state index >= 15 is 0 Å². The Hall–Kier alpha value is -0.600. The third-order valence-corrected chi connectivity index (χ3v) is 3.77. The Morgan fingerprint density at radius 2 is 2.25 bits per heavy atom. The molecule has 1 saturated heterocycles. The normalized spacial score (nSPS) is 20.4. The predicted molar refractivity (Wildman–Crippen MR) is 65.6 cm³/mol. The minimum atomic E-state index is -0.0874. The van der Waals surface area contributed by atoms with Crippen LogP contribution in [0.5, 0.6) is 0 Å². The van der Waals surface area contributed by atoms with E-state index in [9.17, 15) is 4.39 Å². The fraction of sp³-hybridized carbons (Fsp3) is 0.538. The maximum absolute atomic E-state index is 14.0. The van der Waals surface area contributed by atoms with Gasteiger partial charge in [-0.25, -0.2) is 4.39 Å². The van der Waals surface area contributed by atoms with Gasteiger partial charge in [-0.15, -0.1) is 0 Å². The topological polar surface area (TPSA) is 12.0 Å². The number of hydrogen-bond donors (Lipinski definition) is 1. The first-order valence-corrected chi connectivity index (χ1v) is 6.15. The van der Waals surface area contributed by atoms with Crippen LogP contribution in [-0.2, 0) is 6.42 Å². The summed E-state index contributed by atoms with van der Waals surface area (Å²) in [5.41, 5.74) is 2.31. The van der Waals surface area contributed by atoms with Crippen LogP contribution in [0.1, 0.15) is 29.5 Å². The van der Waals surface area contributed by atoms with Crippen molar-refractivity contribution in [2.45, 2.75) is 39.2 Å². The van der Waals surface area contributed by atoms with Gasteiger partial charge in [0.05, 0.1) is 0 Å². The molecule has 1 atom stereocenters. The average molecular weight is 242 g/mol. The molecule has 1 aromatic carbocycles. The Morgan fingerprint density at radius 3 is 2.88 bits per heavy atom. The molecule has 1 heterocycles. The van der Waals surface area contributed by atoms with Crippen LogP contribution in [0.4, 0.5) is 4.39 Å². The second-order valence-corrected chi connectivity index (χ2v) is 5.00. The first-order valence-electron chi connectivity index (χ1n) is 5.77. The molecule has 1 nitrogen and oxygen atoms in total. The molecule has 1 aliphatic heterocycles. The first-order chi connectivity index (χ1) is 7.59. The summed E-state index contributed by atoms with van der Waals surface area (Å²) in [5.74, 6) is -0.0874. The quantitative estimate of drug-likeness (QED) is 0.837. The van der Waals surface area contributed by atoms with Crippen LogP contribution in [0, 0.1) is 19.7 Å². The molecule has 88 valence electrons. The lowest BCUT2D eigenvalue weighted by Crippen LogP contribution is -2.24. The molecular weight excluding hydrogens is 225 g/mol. The molecule has 0 spiro atoms. The number of halogens is 2. The van der Waals surface area contributed by atoms with Crippen molar-refractivity contribution in [3.05, 3.63) is 33.6 Å². The Morgan fingerprint density at radius 1 is 1.50 bits per heavy atom. The van der Waals surface area contributed by atoms with Crippen LogP contribution in [0.3, 0.4) is 0 Å². The number of hydrogen-bond acceptors (Lipinski definition) is 1. The molecule has 0 aromatic heterocycles. The zero-order chi connectivity index (χ0) is 11.7. The second kappa shape index (κ2) is 4.72. The van der Waals surface area contributed by atoms with E-state index in [4.69, 9.17) is 11.6 Å². The van der Waals surface area contributed by atoms with Crippen LogP contribution in [0.15, 0.2) is 6.07 Å². The lowest BCUT2D eigenvalue weighted by Gasteiger charge is -2.15. The highest BCUT2D eigenvalue weighted by atomic mass is 35.5. The highest BCUT2D eigenvalue weighted by Gasteiger charge is 2.19. The highest BCUT2D eigenvalue weighted by Crippen LogP contribution is 2.27. The van der Waals surface area contributed by atoms with E-state index in [1.54, 1.807) is 13.0 Å². The molecule has 0 saturated carbocycles. The van der Waals surface area contributed by atoms with Crippen molar-refractivity contribution in [3.8, 4) is 0 Å². The summed E-state index contributed by atoms with van der Waals surface area (Å²) in [6.45, 7) is 4.71. The van der Waals surface area contributed by atoms with Gasteiger partial charge in [0.1, 0.15) is 5.82 Å². The molecule has 0 radical (unpaired) electrons. The van der Waals surface area contributed by atoms with Gasteiger partial charge >= 0.3 is 0 Å². The van der Waals surface area contributed by atoms with Crippen LogP contribution in [0.25, 0.3) is 0 Å². The van der Waals surface area contributed by atoms with Crippen LogP contribution in [-0.4, -0.2) is 12.6 Å². The monoisotopic (exact) mass is 241 g/mol. The summed E-state index contributed by atoms with van der Waals surface area (Å²) in [7, 11) is 0. The summed E-state index contributed by atoms with van der Waals surface area (Å²) in [5, 5.41) is 4.06. The summed E-state index contributed by atoms with van der Waals surface area (Å²) < 4.78 is 14.0. The third-order valence-electron chi connectivity index (χ3n) is 3.38. The van der Waals surface area contributed by atoms with E-state index in [2.05, 4.69) is 5.32 Å². The van der Waals surface area contributed by atoms with Gasteiger partial charge < -0.3 is 5.32 Å². The summed E-state index contributed by atoms with van der Waals surface area (Å²) in [6, 6.07) is 2.11. The standard InChI is InChI=1S/C13H17ClFN/c1-8-6-12(14)9(2)11(13(8)15)7-10-4-3-5-16-10/h6,10,16H,3-5,7H2,1-2H3. The molecule has 1 aliphatic rings. The Bertz CT molecular complexity index is 371. The maximum Gasteiger partial charge on any atom is 0.129 e. The highest BCUT2D eigenvalue weighted by molar-refractivity contribution is 6.31. The third kappa shape index (κ3) is 2.23. The van der Waals surface area contributed by atoms with E-state index in [0.29, 0.717) is 16.6 Å². The predicted octanol–water partition coefficient (Wildman–Crippen LogP) is 3.39. The molecule has 1 aromatic rings. The first kappa shape index (κ1) is 11.9. The summed E-state index contributed by atoms with van der Waals surface area (Å²) in [4.78, 5) is 0. The molecule has 0 aliphatic carbocycles. The molecular formula is C13H17ClFN. The number of aryl methyl sites for hydroxylation is 1. The van der Waals surface area contributed by atoms with Crippen molar-refractivity contribution in [2.75, 3.05) is 6.54 Å². The van der Waals surface area contributed by atoms with Gasteiger partial charge in [-0.05, 0) is 62.4 Å². The Labute approximate surface area is 101 Å². The van der Waals surface area contributed by atoms with Crippen molar-refractivity contribution in [1.82, 2.24) is 5.32 Å². The van der Waals surface area contributed by atoms with Crippen LogP contribution < -0.4 is 5.32 Å². The van der Waals surface area contributed by atoms with E-state index in [-0.39, 0.29) is 5.82 Å². The maximum atomic E-state index is 14.0. The van der Waals surface area contributed by atoms with Crippen molar-refractivity contribution >= 4 is 11.6 Å². The molecule has 16 heavy (non-hydrogen) atoms. The average Bonchev–Trinajstić information content (AvgIpc) is 2.74. The molecule has 0 amide bonds.